The minimum absolute atomic E-state index is 0.247. The second-order valence-corrected chi connectivity index (χ2v) is 5.30. The van der Waals surface area contributed by atoms with Crippen LogP contribution in [-0.2, 0) is 11.2 Å². The third kappa shape index (κ3) is 3.10. The van der Waals surface area contributed by atoms with Crippen LogP contribution < -0.4 is 5.32 Å². The van der Waals surface area contributed by atoms with Crippen molar-refractivity contribution in [3.05, 3.63) is 34.9 Å². The van der Waals surface area contributed by atoms with Gasteiger partial charge in [0.2, 0.25) is 5.91 Å². The zero-order chi connectivity index (χ0) is 13.1. The molecule has 0 radical (unpaired) electrons. The van der Waals surface area contributed by atoms with Gasteiger partial charge in [0, 0.05) is 25.7 Å². The van der Waals surface area contributed by atoms with E-state index in [2.05, 4.69) is 44.3 Å². The van der Waals surface area contributed by atoms with Crippen molar-refractivity contribution < 1.29 is 4.79 Å². The number of hydrogen-bond donors (Lipinski definition) is 1. The van der Waals surface area contributed by atoms with Crippen molar-refractivity contribution in [3.63, 3.8) is 0 Å². The van der Waals surface area contributed by atoms with Gasteiger partial charge in [-0.1, -0.05) is 23.8 Å². The van der Waals surface area contributed by atoms with Gasteiger partial charge in [0.05, 0.1) is 6.42 Å². The molecule has 3 nitrogen and oxygen atoms in total. The number of amides is 1. The van der Waals surface area contributed by atoms with Gasteiger partial charge in [-0.3, -0.25) is 4.79 Å². The molecule has 0 saturated carbocycles. The smallest absolute Gasteiger partial charge is 0.227 e. The molecule has 1 aromatic carbocycles. The molecule has 1 aromatic rings. The molecule has 1 fully saturated rings. The molecule has 0 aliphatic carbocycles. The molecule has 1 aliphatic heterocycles. The molecule has 1 atom stereocenters. The number of nitrogens with one attached hydrogen (secondary N) is 1. The third-order valence-electron chi connectivity index (χ3n) is 3.57. The normalized spacial score (nSPS) is 19.9. The van der Waals surface area contributed by atoms with Crippen LogP contribution in [0.15, 0.2) is 18.2 Å². The first-order valence-corrected chi connectivity index (χ1v) is 6.63. The Labute approximate surface area is 109 Å². The summed E-state index contributed by atoms with van der Waals surface area (Å²) < 4.78 is 0. The summed E-state index contributed by atoms with van der Waals surface area (Å²) in [5, 5.41) is 3.36. The van der Waals surface area contributed by atoms with Crippen molar-refractivity contribution in [2.75, 3.05) is 19.6 Å². The number of aryl methyl sites for hydroxylation is 2. The van der Waals surface area contributed by atoms with Gasteiger partial charge in [0.1, 0.15) is 0 Å². The second-order valence-electron chi connectivity index (χ2n) is 5.30. The largest absolute Gasteiger partial charge is 0.340 e. The van der Waals surface area contributed by atoms with Crippen LogP contribution in [0.4, 0.5) is 0 Å². The lowest BCUT2D eigenvalue weighted by atomic mass is 10.0. The fourth-order valence-corrected chi connectivity index (χ4v) is 2.42. The summed E-state index contributed by atoms with van der Waals surface area (Å²) in [6, 6.07) is 6.72. The Balaban J connectivity index is 2.04. The predicted octanol–water partition coefficient (Wildman–Crippen LogP) is 1.67. The highest BCUT2D eigenvalue weighted by molar-refractivity contribution is 5.79. The first-order chi connectivity index (χ1) is 8.56. The SMILES string of the molecule is Cc1ccc(C)c(CC(=O)N2CCN[C@@H](C)C2)c1. The standard InChI is InChI=1S/C15H22N2O/c1-11-4-5-12(2)14(8-11)9-15(18)17-7-6-16-13(3)10-17/h4-5,8,13,16H,6-7,9-10H2,1-3H3/t13-/m0/s1. The summed E-state index contributed by atoms with van der Waals surface area (Å²) in [6.45, 7) is 8.82. The maximum absolute atomic E-state index is 12.3. The van der Waals surface area contributed by atoms with Gasteiger partial charge in [-0.25, -0.2) is 0 Å². The van der Waals surface area contributed by atoms with E-state index in [1.54, 1.807) is 0 Å². The van der Waals surface area contributed by atoms with Gasteiger partial charge >= 0.3 is 0 Å². The number of benzene rings is 1. The van der Waals surface area contributed by atoms with Crippen molar-refractivity contribution in [1.82, 2.24) is 10.2 Å². The van der Waals surface area contributed by atoms with Crippen LogP contribution in [0.3, 0.4) is 0 Å². The van der Waals surface area contributed by atoms with Crippen molar-refractivity contribution in [2.45, 2.75) is 33.2 Å². The molecular formula is C15H22N2O. The number of piperazine rings is 1. The van der Waals surface area contributed by atoms with Gasteiger partial charge in [0.15, 0.2) is 0 Å². The maximum atomic E-state index is 12.3. The molecule has 1 N–H and O–H groups in total. The van der Waals surface area contributed by atoms with Crippen LogP contribution in [0.2, 0.25) is 0 Å². The fourth-order valence-electron chi connectivity index (χ4n) is 2.42. The van der Waals surface area contributed by atoms with Crippen LogP contribution in [0.1, 0.15) is 23.6 Å². The van der Waals surface area contributed by atoms with Crippen LogP contribution >= 0.6 is 0 Å². The summed E-state index contributed by atoms with van der Waals surface area (Å²) in [4.78, 5) is 14.2. The van der Waals surface area contributed by atoms with E-state index in [1.165, 1.54) is 11.1 Å². The highest BCUT2D eigenvalue weighted by atomic mass is 16.2. The van der Waals surface area contributed by atoms with E-state index in [1.807, 2.05) is 4.90 Å². The minimum Gasteiger partial charge on any atom is -0.340 e. The topological polar surface area (TPSA) is 32.3 Å². The summed E-state index contributed by atoms with van der Waals surface area (Å²) in [6.07, 6.45) is 0.528. The van der Waals surface area contributed by atoms with Crippen LogP contribution in [0.5, 0.6) is 0 Å². The zero-order valence-electron chi connectivity index (χ0n) is 11.5. The number of nitrogens with zero attached hydrogens (tertiary/aromatic N) is 1. The van der Waals surface area contributed by atoms with Crippen LogP contribution in [-0.4, -0.2) is 36.5 Å². The van der Waals surface area contributed by atoms with Crippen molar-refractivity contribution >= 4 is 5.91 Å². The monoisotopic (exact) mass is 246 g/mol. The molecule has 3 heteroatoms. The molecular weight excluding hydrogens is 224 g/mol. The van der Waals surface area contributed by atoms with Crippen LogP contribution in [0, 0.1) is 13.8 Å². The van der Waals surface area contributed by atoms with E-state index < -0.39 is 0 Å². The summed E-state index contributed by atoms with van der Waals surface area (Å²) in [5.74, 6) is 0.247. The average molecular weight is 246 g/mol. The predicted molar refractivity (Wildman–Crippen MR) is 73.7 cm³/mol. The molecule has 0 spiro atoms. The highest BCUT2D eigenvalue weighted by Crippen LogP contribution is 2.13. The Morgan fingerprint density at radius 3 is 2.94 bits per heavy atom. The lowest BCUT2D eigenvalue weighted by Crippen LogP contribution is -2.51. The zero-order valence-corrected chi connectivity index (χ0v) is 11.5. The Kier molecular flexibility index (Phi) is 4.02. The van der Waals surface area contributed by atoms with Crippen LogP contribution in [0.25, 0.3) is 0 Å². The van der Waals surface area contributed by atoms with E-state index in [-0.39, 0.29) is 5.91 Å². The molecule has 1 amide bonds. The van der Waals surface area contributed by atoms with Crippen molar-refractivity contribution in [1.29, 1.82) is 0 Å². The summed E-state index contributed by atoms with van der Waals surface area (Å²) >= 11 is 0. The second kappa shape index (κ2) is 5.53. The fraction of sp³-hybridized carbons (Fsp3) is 0.533. The minimum atomic E-state index is 0.247. The van der Waals surface area contributed by atoms with E-state index in [0.29, 0.717) is 12.5 Å². The summed E-state index contributed by atoms with van der Waals surface area (Å²) in [7, 11) is 0. The van der Waals surface area contributed by atoms with Gasteiger partial charge in [0.25, 0.3) is 0 Å². The Bertz CT molecular complexity index is 442. The number of rotatable bonds is 2. The molecule has 98 valence electrons. The number of carbonyl (C=O) groups excluding carboxylic acids is 1. The van der Waals surface area contributed by atoms with E-state index in [0.717, 1.165) is 25.2 Å². The molecule has 1 heterocycles. The van der Waals surface area contributed by atoms with E-state index in [9.17, 15) is 4.79 Å². The molecule has 2 rings (SSSR count). The number of hydrogen-bond acceptors (Lipinski definition) is 2. The maximum Gasteiger partial charge on any atom is 0.227 e. The molecule has 0 bridgehead atoms. The van der Waals surface area contributed by atoms with E-state index in [4.69, 9.17) is 0 Å². The lowest BCUT2D eigenvalue weighted by Gasteiger charge is -2.32. The first-order valence-electron chi connectivity index (χ1n) is 6.63. The first kappa shape index (κ1) is 13.1. The summed E-state index contributed by atoms with van der Waals surface area (Å²) in [5.41, 5.74) is 3.58. The molecule has 18 heavy (non-hydrogen) atoms. The van der Waals surface area contributed by atoms with Crippen molar-refractivity contribution in [2.24, 2.45) is 0 Å². The van der Waals surface area contributed by atoms with Gasteiger partial charge in [-0.05, 0) is 31.9 Å². The Morgan fingerprint density at radius 1 is 1.44 bits per heavy atom. The molecule has 0 unspecified atom stereocenters. The number of carbonyl (C=O) groups is 1. The van der Waals surface area contributed by atoms with Gasteiger partial charge in [-0.2, -0.15) is 0 Å². The van der Waals surface area contributed by atoms with Gasteiger partial charge in [-0.15, -0.1) is 0 Å². The van der Waals surface area contributed by atoms with E-state index >= 15 is 0 Å². The molecule has 1 aliphatic rings. The quantitative estimate of drug-likeness (QED) is 0.861. The Hall–Kier alpha value is -1.35. The Morgan fingerprint density at radius 2 is 2.22 bits per heavy atom. The van der Waals surface area contributed by atoms with Gasteiger partial charge < -0.3 is 10.2 Å². The molecule has 0 aromatic heterocycles. The third-order valence-corrected chi connectivity index (χ3v) is 3.57. The highest BCUT2D eigenvalue weighted by Gasteiger charge is 2.20. The average Bonchev–Trinajstić information content (AvgIpc) is 2.34. The van der Waals surface area contributed by atoms with Crippen molar-refractivity contribution in [3.8, 4) is 0 Å². The molecule has 1 saturated heterocycles. The lowest BCUT2D eigenvalue weighted by molar-refractivity contribution is -0.131.